The van der Waals surface area contributed by atoms with Crippen molar-refractivity contribution in [1.82, 2.24) is 9.88 Å². The molecule has 0 atom stereocenters. The van der Waals surface area contributed by atoms with Crippen molar-refractivity contribution in [1.29, 1.82) is 0 Å². The molecule has 2 heterocycles. The maximum atomic E-state index is 12.2. The zero-order chi connectivity index (χ0) is 18.4. The molecule has 3 aromatic rings. The van der Waals surface area contributed by atoms with Crippen LogP contribution in [0.3, 0.4) is 0 Å². The van der Waals surface area contributed by atoms with Crippen molar-refractivity contribution in [3.8, 4) is 0 Å². The number of hydrogen-bond donors (Lipinski definition) is 2. The van der Waals surface area contributed by atoms with Crippen molar-refractivity contribution in [2.45, 2.75) is 6.54 Å². The molecule has 0 bridgehead atoms. The molecule has 0 aliphatic rings. The van der Waals surface area contributed by atoms with Crippen LogP contribution in [0.4, 0.5) is 16.2 Å². The number of hydrogen-bond acceptors (Lipinski definition) is 4. The quantitative estimate of drug-likeness (QED) is 0.736. The Morgan fingerprint density at radius 1 is 1.00 bits per heavy atom. The molecule has 0 aliphatic heterocycles. The van der Waals surface area contributed by atoms with Crippen LogP contribution in [0.1, 0.15) is 16.2 Å². The number of urea groups is 1. The Labute approximate surface area is 150 Å². The number of rotatable bonds is 5. The Bertz CT molecular complexity index is 862. The number of carbonyl (C=O) groups is 2. The van der Waals surface area contributed by atoms with Gasteiger partial charge in [-0.15, -0.1) is 0 Å². The second-order valence-electron chi connectivity index (χ2n) is 5.62. The molecule has 132 valence electrons. The highest BCUT2D eigenvalue weighted by Crippen LogP contribution is 2.15. The lowest BCUT2D eigenvalue weighted by molar-refractivity contribution is 0.0996. The van der Waals surface area contributed by atoms with Gasteiger partial charge in [-0.2, -0.15) is 0 Å². The first-order valence-electron chi connectivity index (χ1n) is 7.99. The van der Waals surface area contributed by atoms with E-state index in [4.69, 9.17) is 4.42 Å². The van der Waals surface area contributed by atoms with Gasteiger partial charge in [0, 0.05) is 24.6 Å². The standard InChI is InChI=1S/C19H18N4O3/c1-23(13-16-5-2-3-11-20-16)19(25)22-15-9-7-14(8-10-15)21-18(24)17-6-4-12-26-17/h2-12H,13H2,1H3,(H,21,24)(H,22,25). The van der Waals surface area contributed by atoms with Gasteiger partial charge in [0.05, 0.1) is 18.5 Å². The van der Waals surface area contributed by atoms with E-state index in [1.807, 2.05) is 18.2 Å². The first kappa shape index (κ1) is 17.2. The van der Waals surface area contributed by atoms with Gasteiger partial charge in [0.25, 0.3) is 5.91 Å². The zero-order valence-electron chi connectivity index (χ0n) is 14.2. The zero-order valence-corrected chi connectivity index (χ0v) is 14.2. The summed E-state index contributed by atoms with van der Waals surface area (Å²) in [5.74, 6) is -0.0968. The summed E-state index contributed by atoms with van der Waals surface area (Å²) in [6.07, 6.45) is 3.13. The van der Waals surface area contributed by atoms with Gasteiger partial charge in [-0.05, 0) is 48.5 Å². The maximum Gasteiger partial charge on any atom is 0.321 e. The number of nitrogens with zero attached hydrogens (tertiary/aromatic N) is 2. The van der Waals surface area contributed by atoms with Gasteiger partial charge in [-0.25, -0.2) is 4.79 Å². The Kier molecular flexibility index (Phi) is 5.28. The third-order valence-electron chi connectivity index (χ3n) is 3.61. The second-order valence-corrected chi connectivity index (χ2v) is 5.62. The number of amides is 3. The molecule has 1 aromatic carbocycles. The van der Waals surface area contributed by atoms with Crippen molar-refractivity contribution < 1.29 is 14.0 Å². The van der Waals surface area contributed by atoms with Crippen LogP contribution in [0.5, 0.6) is 0 Å². The fourth-order valence-electron chi connectivity index (χ4n) is 2.26. The molecular weight excluding hydrogens is 332 g/mol. The highest BCUT2D eigenvalue weighted by atomic mass is 16.3. The second kappa shape index (κ2) is 7.98. The lowest BCUT2D eigenvalue weighted by Gasteiger charge is -2.17. The molecule has 0 unspecified atom stereocenters. The lowest BCUT2D eigenvalue weighted by Crippen LogP contribution is -2.31. The molecule has 0 aliphatic carbocycles. The van der Waals surface area contributed by atoms with Crippen LogP contribution in [0.15, 0.2) is 71.5 Å². The average Bonchev–Trinajstić information content (AvgIpc) is 3.19. The fraction of sp³-hybridized carbons (Fsp3) is 0.105. The number of anilines is 2. The Balaban J connectivity index is 1.55. The third-order valence-corrected chi connectivity index (χ3v) is 3.61. The third kappa shape index (κ3) is 4.47. The van der Waals surface area contributed by atoms with E-state index in [1.165, 1.54) is 11.2 Å². The molecule has 26 heavy (non-hydrogen) atoms. The van der Waals surface area contributed by atoms with Gasteiger partial charge in [0.15, 0.2) is 5.76 Å². The molecule has 2 aromatic heterocycles. The van der Waals surface area contributed by atoms with E-state index in [1.54, 1.807) is 49.6 Å². The van der Waals surface area contributed by atoms with Crippen LogP contribution >= 0.6 is 0 Å². The van der Waals surface area contributed by atoms with E-state index >= 15 is 0 Å². The van der Waals surface area contributed by atoms with Crippen molar-refractivity contribution in [3.05, 3.63) is 78.5 Å². The molecule has 0 fully saturated rings. The summed E-state index contributed by atoms with van der Waals surface area (Å²) in [5.41, 5.74) is 2.03. The van der Waals surface area contributed by atoms with E-state index < -0.39 is 0 Å². The Morgan fingerprint density at radius 3 is 2.35 bits per heavy atom. The number of benzene rings is 1. The molecule has 3 amide bonds. The minimum atomic E-state index is -0.332. The molecule has 0 saturated heterocycles. The average molecular weight is 350 g/mol. The summed E-state index contributed by atoms with van der Waals surface area (Å²) in [4.78, 5) is 29.9. The van der Waals surface area contributed by atoms with Gasteiger partial charge in [0.2, 0.25) is 0 Å². The van der Waals surface area contributed by atoms with Crippen molar-refractivity contribution in [3.63, 3.8) is 0 Å². The van der Waals surface area contributed by atoms with Gasteiger partial charge >= 0.3 is 6.03 Å². The smallest absolute Gasteiger partial charge is 0.321 e. The summed E-state index contributed by atoms with van der Waals surface area (Å²) in [5, 5.41) is 5.51. The molecule has 2 N–H and O–H groups in total. The molecular formula is C19H18N4O3. The van der Waals surface area contributed by atoms with Gasteiger partial charge in [0.1, 0.15) is 0 Å². The lowest BCUT2D eigenvalue weighted by atomic mass is 10.2. The van der Waals surface area contributed by atoms with Crippen molar-refractivity contribution in [2.75, 3.05) is 17.7 Å². The number of nitrogens with one attached hydrogen (secondary N) is 2. The van der Waals surface area contributed by atoms with Crippen LogP contribution in [0.25, 0.3) is 0 Å². The molecule has 0 spiro atoms. The van der Waals surface area contributed by atoms with E-state index in [0.29, 0.717) is 17.9 Å². The normalized spacial score (nSPS) is 10.2. The van der Waals surface area contributed by atoms with Gasteiger partial charge in [-0.1, -0.05) is 6.07 Å². The Morgan fingerprint density at radius 2 is 1.73 bits per heavy atom. The minimum Gasteiger partial charge on any atom is -0.459 e. The van der Waals surface area contributed by atoms with E-state index in [2.05, 4.69) is 15.6 Å². The number of aromatic nitrogens is 1. The molecule has 7 heteroatoms. The van der Waals surface area contributed by atoms with Gasteiger partial charge < -0.3 is 20.0 Å². The molecule has 7 nitrogen and oxygen atoms in total. The van der Waals surface area contributed by atoms with Crippen LogP contribution in [-0.2, 0) is 6.54 Å². The maximum absolute atomic E-state index is 12.2. The fourth-order valence-corrected chi connectivity index (χ4v) is 2.26. The molecule has 0 radical (unpaired) electrons. The van der Waals surface area contributed by atoms with E-state index in [9.17, 15) is 9.59 Å². The van der Waals surface area contributed by atoms with Crippen molar-refractivity contribution in [2.24, 2.45) is 0 Å². The largest absolute Gasteiger partial charge is 0.459 e. The monoisotopic (exact) mass is 350 g/mol. The first-order chi connectivity index (χ1) is 12.6. The topological polar surface area (TPSA) is 87.5 Å². The summed E-state index contributed by atoms with van der Waals surface area (Å²) in [7, 11) is 1.70. The predicted octanol–water partition coefficient (Wildman–Crippen LogP) is 3.59. The molecule has 3 rings (SSSR count). The summed E-state index contributed by atoms with van der Waals surface area (Å²) < 4.78 is 5.04. The van der Waals surface area contributed by atoms with Gasteiger partial charge in [-0.3, -0.25) is 9.78 Å². The minimum absolute atomic E-state index is 0.235. The summed E-state index contributed by atoms with van der Waals surface area (Å²) in [6, 6.07) is 15.4. The Hall–Kier alpha value is -3.61. The van der Waals surface area contributed by atoms with Crippen molar-refractivity contribution >= 4 is 23.3 Å². The first-order valence-corrected chi connectivity index (χ1v) is 7.99. The van der Waals surface area contributed by atoms with Crippen LogP contribution in [0.2, 0.25) is 0 Å². The van der Waals surface area contributed by atoms with Crippen LogP contribution in [-0.4, -0.2) is 28.9 Å². The number of carbonyl (C=O) groups excluding carboxylic acids is 2. The van der Waals surface area contributed by atoms with Crippen LogP contribution in [0, 0.1) is 0 Å². The summed E-state index contributed by atoms with van der Waals surface area (Å²) in [6.45, 7) is 0.407. The number of furan rings is 1. The summed E-state index contributed by atoms with van der Waals surface area (Å²) >= 11 is 0. The SMILES string of the molecule is CN(Cc1ccccn1)C(=O)Nc1ccc(NC(=O)c2ccco2)cc1. The van der Waals surface area contributed by atoms with Crippen LogP contribution < -0.4 is 10.6 Å². The highest BCUT2D eigenvalue weighted by molar-refractivity contribution is 6.02. The van der Waals surface area contributed by atoms with E-state index in [0.717, 1.165) is 5.69 Å². The predicted molar refractivity (Wildman–Crippen MR) is 97.8 cm³/mol. The highest BCUT2D eigenvalue weighted by Gasteiger charge is 2.11. The molecule has 0 saturated carbocycles. The van der Waals surface area contributed by atoms with E-state index in [-0.39, 0.29) is 17.7 Å². The number of pyridine rings is 1.